The van der Waals surface area contributed by atoms with Gasteiger partial charge >= 0.3 is 0 Å². The molecule has 0 radical (unpaired) electrons. The second-order valence-electron chi connectivity index (χ2n) is 8.91. The summed E-state index contributed by atoms with van der Waals surface area (Å²) in [6, 6.07) is 21.4. The Morgan fingerprint density at radius 1 is 1.03 bits per heavy atom. The molecule has 8 heteroatoms. The minimum Gasteiger partial charge on any atom is -0.320 e. The quantitative estimate of drug-likeness (QED) is 0.257. The first kappa shape index (κ1) is 25.2. The molecule has 2 heterocycles. The lowest BCUT2D eigenvalue weighted by Crippen LogP contribution is -2.28. The fraction of sp³-hybridized carbons (Fsp3) is 0.172. The van der Waals surface area contributed by atoms with E-state index in [0.717, 1.165) is 34.9 Å². The number of aryl methyl sites for hydroxylation is 2. The lowest BCUT2D eigenvalue weighted by molar-refractivity contribution is -0.113. The maximum atomic E-state index is 13.6. The molecular formula is C29H25BrN4O2S. The third kappa shape index (κ3) is 5.45. The van der Waals surface area contributed by atoms with Gasteiger partial charge < -0.3 is 5.32 Å². The summed E-state index contributed by atoms with van der Waals surface area (Å²) >= 11 is 4.73. The van der Waals surface area contributed by atoms with Crippen molar-refractivity contribution in [2.75, 3.05) is 10.2 Å². The molecule has 3 aromatic carbocycles. The highest BCUT2D eigenvalue weighted by atomic mass is 79.9. The maximum absolute atomic E-state index is 13.6. The Morgan fingerprint density at radius 3 is 2.59 bits per heavy atom. The summed E-state index contributed by atoms with van der Waals surface area (Å²) in [5, 5.41) is 12.0. The summed E-state index contributed by atoms with van der Waals surface area (Å²) in [5.41, 5.74) is 5.50. The van der Waals surface area contributed by atoms with Crippen molar-refractivity contribution < 1.29 is 9.59 Å². The molecule has 186 valence electrons. The number of nitrogens with zero attached hydrogens (tertiary/aromatic N) is 3. The van der Waals surface area contributed by atoms with Gasteiger partial charge in [0.15, 0.2) is 5.71 Å². The third-order valence-corrected chi connectivity index (χ3v) is 7.55. The first-order valence-corrected chi connectivity index (χ1v) is 13.7. The molecule has 0 spiro atoms. The van der Waals surface area contributed by atoms with Gasteiger partial charge in [-0.3, -0.25) is 14.5 Å². The Balaban J connectivity index is 1.54. The van der Waals surface area contributed by atoms with Crippen molar-refractivity contribution in [1.29, 1.82) is 0 Å². The van der Waals surface area contributed by atoms with Crippen LogP contribution in [0.2, 0.25) is 0 Å². The van der Waals surface area contributed by atoms with Crippen LogP contribution in [-0.4, -0.2) is 22.7 Å². The number of thioether (sulfide) groups is 1. The number of amides is 2. The van der Waals surface area contributed by atoms with Crippen LogP contribution in [-0.2, 0) is 16.0 Å². The van der Waals surface area contributed by atoms with Gasteiger partial charge in [-0.2, -0.15) is 0 Å². The van der Waals surface area contributed by atoms with Crippen molar-refractivity contribution in [2.45, 2.75) is 33.1 Å². The predicted molar refractivity (Wildman–Crippen MR) is 156 cm³/mol. The Morgan fingerprint density at radius 2 is 1.84 bits per heavy atom. The van der Waals surface area contributed by atoms with Crippen LogP contribution in [0.5, 0.6) is 0 Å². The number of hydrogen-bond acceptors (Lipinski definition) is 5. The van der Waals surface area contributed by atoms with E-state index in [-0.39, 0.29) is 17.5 Å². The molecule has 0 unspecified atom stereocenters. The Labute approximate surface area is 228 Å². The average molecular weight is 574 g/mol. The van der Waals surface area contributed by atoms with Gasteiger partial charge in [-0.15, -0.1) is 10.2 Å². The number of anilines is 2. The first-order valence-electron chi connectivity index (χ1n) is 12.1. The van der Waals surface area contributed by atoms with E-state index in [1.807, 2.05) is 79.7 Å². The largest absolute Gasteiger partial charge is 0.320 e. The fourth-order valence-electron chi connectivity index (χ4n) is 4.17. The fourth-order valence-corrected chi connectivity index (χ4v) is 5.52. The van der Waals surface area contributed by atoms with E-state index in [9.17, 15) is 9.59 Å². The monoisotopic (exact) mass is 572 g/mol. The van der Waals surface area contributed by atoms with E-state index < -0.39 is 0 Å². The van der Waals surface area contributed by atoms with E-state index in [4.69, 9.17) is 0 Å². The van der Waals surface area contributed by atoms with Gasteiger partial charge in [-0.1, -0.05) is 65.2 Å². The molecule has 6 nitrogen and oxygen atoms in total. The Bertz CT molecular complexity index is 1480. The highest BCUT2D eigenvalue weighted by molar-refractivity contribution is 9.10. The number of carbonyl (C=O) groups is 2. The molecular weight excluding hydrogens is 548 g/mol. The van der Waals surface area contributed by atoms with Crippen LogP contribution in [0.1, 0.15) is 42.0 Å². The number of unbranched alkanes of at least 4 members (excludes halogenated alkanes) is 1. The van der Waals surface area contributed by atoms with Crippen molar-refractivity contribution in [2.24, 2.45) is 10.2 Å². The zero-order chi connectivity index (χ0) is 25.9. The van der Waals surface area contributed by atoms with Crippen LogP contribution < -0.4 is 10.2 Å². The van der Waals surface area contributed by atoms with Gasteiger partial charge in [0.25, 0.3) is 11.8 Å². The lowest BCUT2D eigenvalue weighted by Gasteiger charge is -2.15. The molecule has 0 bridgehead atoms. The van der Waals surface area contributed by atoms with Crippen molar-refractivity contribution in [3.05, 3.63) is 98.4 Å². The van der Waals surface area contributed by atoms with Crippen molar-refractivity contribution in [3.63, 3.8) is 0 Å². The van der Waals surface area contributed by atoms with Crippen LogP contribution in [0.4, 0.5) is 11.4 Å². The molecule has 3 aromatic rings. The van der Waals surface area contributed by atoms with Crippen molar-refractivity contribution in [3.8, 4) is 0 Å². The molecule has 5 rings (SSSR count). The highest BCUT2D eigenvalue weighted by Gasteiger charge is 2.35. The zero-order valence-electron chi connectivity index (χ0n) is 20.5. The average Bonchev–Trinajstić information content (AvgIpc) is 3.36. The number of benzene rings is 3. The maximum Gasteiger partial charge on any atom is 0.276 e. The van der Waals surface area contributed by atoms with Crippen LogP contribution in [0.15, 0.2) is 86.3 Å². The minimum atomic E-state index is -0.309. The lowest BCUT2D eigenvalue weighted by atomic mass is 10.1. The van der Waals surface area contributed by atoms with Crippen LogP contribution in [0.3, 0.4) is 0 Å². The van der Waals surface area contributed by atoms with Crippen molar-refractivity contribution in [1.82, 2.24) is 0 Å². The SMILES string of the molecule is CCCCc1ccc(N2C(=O)C(=Cc3cccc(Br)c3)SC2=NN=C2C(=O)Nc3ccc(C)cc32)cc1. The first-order chi connectivity index (χ1) is 17.9. The number of fused-ring (bicyclic) bond motifs is 1. The molecule has 1 N–H and O–H groups in total. The number of halogens is 1. The zero-order valence-corrected chi connectivity index (χ0v) is 22.9. The van der Waals surface area contributed by atoms with Crippen LogP contribution >= 0.6 is 27.7 Å². The number of nitrogens with one attached hydrogen (secondary N) is 1. The third-order valence-electron chi connectivity index (χ3n) is 6.10. The Hall–Kier alpha value is -3.49. The standard InChI is InChI=1S/C29H25BrN4O2S/c1-3-4-6-19-10-12-22(13-11-19)34-28(36)25(17-20-7-5-8-21(30)16-20)37-29(34)33-32-26-23-15-18(2)9-14-24(23)31-27(26)35/h5,7-17H,3-4,6H2,1-2H3,(H,31,32,35). The summed E-state index contributed by atoms with van der Waals surface area (Å²) in [6.45, 7) is 4.13. The second kappa shape index (κ2) is 10.9. The summed E-state index contributed by atoms with van der Waals surface area (Å²) in [4.78, 5) is 28.3. The highest BCUT2D eigenvalue weighted by Crippen LogP contribution is 2.37. The molecule has 2 aliphatic heterocycles. The molecule has 0 atom stereocenters. The number of hydrogen-bond donors (Lipinski definition) is 1. The van der Waals surface area contributed by atoms with Gasteiger partial charge in [0.1, 0.15) is 0 Å². The molecule has 0 saturated carbocycles. The van der Waals surface area contributed by atoms with Gasteiger partial charge in [0.2, 0.25) is 5.17 Å². The van der Waals surface area contributed by atoms with E-state index in [2.05, 4.69) is 38.4 Å². The Kier molecular flexibility index (Phi) is 7.39. The van der Waals surface area contributed by atoms with Gasteiger partial charge in [-0.25, -0.2) is 0 Å². The van der Waals surface area contributed by atoms with Gasteiger partial charge in [0.05, 0.1) is 16.3 Å². The topological polar surface area (TPSA) is 74.1 Å². The molecule has 37 heavy (non-hydrogen) atoms. The molecule has 2 aliphatic rings. The van der Waals surface area contributed by atoms with Crippen LogP contribution in [0, 0.1) is 6.92 Å². The number of carbonyl (C=O) groups excluding carboxylic acids is 2. The second-order valence-corrected chi connectivity index (χ2v) is 10.8. The molecule has 2 amide bonds. The summed E-state index contributed by atoms with van der Waals surface area (Å²) in [6.07, 6.45) is 5.08. The van der Waals surface area contributed by atoms with E-state index in [1.54, 1.807) is 4.90 Å². The van der Waals surface area contributed by atoms with E-state index >= 15 is 0 Å². The van der Waals surface area contributed by atoms with E-state index in [1.165, 1.54) is 17.3 Å². The normalized spacial score (nSPS) is 18.2. The van der Waals surface area contributed by atoms with Crippen molar-refractivity contribution >= 4 is 67.8 Å². The predicted octanol–water partition coefficient (Wildman–Crippen LogP) is 6.93. The summed E-state index contributed by atoms with van der Waals surface area (Å²) < 4.78 is 0.929. The van der Waals surface area contributed by atoms with E-state index in [0.29, 0.717) is 27.0 Å². The smallest absolute Gasteiger partial charge is 0.276 e. The number of rotatable bonds is 6. The van der Waals surface area contributed by atoms with Gasteiger partial charge in [0, 0.05) is 10.0 Å². The molecule has 1 saturated heterocycles. The summed E-state index contributed by atoms with van der Waals surface area (Å²) in [5.74, 6) is -0.492. The molecule has 0 aliphatic carbocycles. The van der Waals surface area contributed by atoms with Gasteiger partial charge in [-0.05, 0) is 85.1 Å². The number of amidine groups is 1. The van der Waals surface area contributed by atoms with Crippen LogP contribution in [0.25, 0.3) is 6.08 Å². The molecule has 1 fully saturated rings. The molecule has 0 aromatic heterocycles. The minimum absolute atomic E-state index is 0.183. The summed E-state index contributed by atoms with van der Waals surface area (Å²) in [7, 11) is 0.